The normalized spacial score (nSPS) is 33.2. The third kappa shape index (κ3) is 8.87. The van der Waals surface area contributed by atoms with E-state index in [1.165, 1.54) is 25.7 Å². The van der Waals surface area contributed by atoms with Crippen molar-refractivity contribution in [1.82, 2.24) is 0 Å². The Kier molecular flexibility index (Phi) is 20.9. The molecule has 1 radical (unpaired) electrons. The number of hydrogen-bond acceptors (Lipinski definition) is 0. The smallest absolute Gasteiger partial charge is 0 e. The molecule has 117 valence electrons. The van der Waals surface area contributed by atoms with Gasteiger partial charge in [-0.1, -0.05) is 69.2 Å². The molecule has 0 aromatic carbocycles. The molecule has 0 aliphatic heterocycles. The van der Waals surface area contributed by atoms with E-state index in [1.807, 2.05) is 0 Å². The summed E-state index contributed by atoms with van der Waals surface area (Å²) in [6.07, 6.45) is 12.2. The fourth-order valence-corrected chi connectivity index (χ4v) is 3.51. The van der Waals surface area contributed by atoms with Crippen molar-refractivity contribution in [3.63, 3.8) is 0 Å². The predicted octanol–water partition coefficient (Wildman–Crippen LogP) is 7.18. The molecular weight excluding hydrogens is 305 g/mol. The Hall–Kier alpha value is 1.10. The van der Waals surface area contributed by atoms with Gasteiger partial charge in [0.05, 0.1) is 0 Å². The van der Waals surface area contributed by atoms with E-state index in [1.54, 1.807) is 25.7 Å². The van der Waals surface area contributed by atoms with Gasteiger partial charge in [0.2, 0.25) is 0 Å². The molecule has 0 N–H and O–H groups in total. The minimum absolute atomic E-state index is 0. The van der Waals surface area contributed by atoms with E-state index in [0.717, 1.165) is 23.7 Å². The molecule has 0 aromatic heterocycles. The Morgan fingerprint density at radius 2 is 0.684 bits per heavy atom. The quantitative estimate of drug-likeness (QED) is 0.471. The maximum atomic E-state index is 2.43. The van der Waals surface area contributed by atoms with E-state index in [0.29, 0.717) is 0 Å². The van der Waals surface area contributed by atoms with E-state index in [-0.39, 0.29) is 62.4 Å². The molecule has 0 spiro atoms. The molecule has 0 unspecified atom stereocenters. The summed E-state index contributed by atoms with van der Waals surface area (Å²) < 4.78 is 0. The van der Waals surface area contributed by atoms with Crippen LogP contribution in [0.3, 0.4) is 0 Å². The summed E-state index contributed by atoms with van der Waals surface area (Å²) in [5, 5.41) is 0. The maximum absolute atomic E-state index is 2.43. The van der Waals surface area contributed by atoms with Crippen LogP contribution in [0.4, 0.5) is 0 Å². The molecule has 0 amide bonds. The molecule has 2 saturated carbocycles. The van der Waals surface area contributed by atoms with Crippen molar-refractivity contribution in [2.75, 3.05) is 0 Å². The average molecular weight is 347 g/mol. The first kappa shape index (κ1) is 28.3. The van der Waals surface area contributed by atoms with Crippen LogP contribution in [0.5, 0.6) is 0 Å². The van der Waals surface area contributed by atoms with E-state index < -0.39 is 0 Å². The first-order chi connectivity index (χ1) is 6.75. The minimum atomic E-state index is 0. The Morgan fingerprint density at radius 1 is 0.474 bits per heavy atom. The summed E-state index contributed by atoms with van der Waals surface area (Å²) in [5.41, 5.74) is 0. The zero-order valence-electron chi connectivity index (χ0n) is 10.5. The molecule has 2 aliphatic rings. The molecular formula is C18H42Y. The van der Waals surface area contributed by atoms with Crippen molar-refractivity contribution in [2.24, 2.45) is 23.7 Å². The summed E-state index contributed by atoms with van der Waals surface area (Å²) in [5.74, 6) is 4.26. The van der Waals surface area contributed by atoms with E-state index in [9.17, 15) is 0 Å². The fourth-order valence-electron chi connectivity index (χ4n) is 3.51. The van der Waals surface area contributed by atoms with Gasteiger partial charge >= 0.3 is 0 Å². The third-order valence-corrected chi connectivity index (χ3v) is 4.79. The molecule has 19 heavy (non-hydrogen) atoms. The fraction of sp³-hybridized carbons (Fsp3) is 1.00. The topological polar surface area (TPSA) is 0 Å². The van der Waals surface area contributed by atoms with Gasteiger partial charge in [0.25, 0.3) is 0 Å². The van der Waals surface area contributed by atoms with Gasteiger partial charge in [-0.2, -0.15) is 0 Å². The monoisotopic (exact) mass is 347 g/mol. The minimum Gasteiger partial charge on any atom is -0.0776 e. The average Bonchev–Trinajstić information content (AvgIpc) is 2.21. The van der Waals surface area contributed by atoms with Gasteiger partial charge < -0.3 is 0 Å². The predicted molar refractivity (Wildman–Crippen MR) is 89.2 cm³/mol. The second-order valence-electron chi connectivity index (χ2n) is 6.04. The first-order valence-electron chi connectivity index (χ1n) is 6.75. The Balaban J connectivity index is -0.000000225. The summed E-state index contributed by atoms with van der Waals surface area (Å²) >= 11 is 0. The van der Waals surface area contributed by atoms with Crippen molar-refractivity contribution in [1.29, 1.82) is 0 Å². The van der Waals surface area contributed by atoms with Gasteiger partial charge in [0.15, 0.2) is 0 Å². The van der Waals surface area contributed by atoms with Crippen LogP contribution in [0, 0.1) is 23.7 Å². The van der Waals surface area contributed by atoms with Crippen LogP contribution in [0.25, 0.3) is 0 Å². The molecule has 2 aliphatic carbocycles. The Morgan fingerprint density at radius 3 is 0.895 bits per heavy atom. The molecule has 1 heteroatoms. The van der Waals surface area contributed by atoms with Gasteiger partial charge in [-0.25, -0.2) is 0 Å². The summed E-state index contributed by atoms with van der Waals surface area (Å²) in [6, 6.07) is 0. The molecule has 0 aromatic rings. The Labute approximate surface area is 150 Å². The van der Waals surface area contributed by atoms with E-state index in [4.69, 9.17) is 0 Å². The van der Waals surface area contributed by atoms with Crippen LogP contribution in [0.15, 0.2) is 0 Å². The van der Waals surface area contributed by atoms with Crippen molar-refractivity contribution in [2.45, 2.75) is 94.9 Å². The molecule has 0 atom stereocenters. The molecule has 0 saturated heterocycles. The van der Waals surface area contributed by atoms with Gasteiger partial charge in [-0.15, -0.1) is 0 Å². The summed E-state index contributed by atoms with van der Waals surface area (Å²) in [6.45, 7) is 4.86. The van der Waals surface area contributed by atoms with E-state index >= 15 is 0 Å². The summed E-state index contributed by atoms with van der Waals surface area (Å²) in [7, 11) is 0. The molecule has 0 heterocycles. The standard InChI is InChI=1S/C14H26.4CH4.Y/c1-11-3-7-13(8-4-11)14-9-5-12(2)6-10-14;;;;;/h11-14H,3-10H2,1-2H3;4*1H4;. The second kappa shape index (κ2) is 14.1. The molecule has 2 fully saturated rings. The largest absolute Gasteiger partial charge is 0.0776 e. The van der Waals surface area contributed by atoms with Gasteiger partial charge in [0.1, 0.15) is 0 Å². The Bertz CT molecular complexity index is 143. The van der Waals surface area contributed by atoms with Crippen molar-refractivity contribution >= 4 is 0 Å². The van der Waals surface area contributed by atoms with Crippen LogP contribution < -0.4 is 0 Å². The molecule has 2 rings (SSSR count). The second-order valence-corrected chi connectivity index (χ2v) is 6.04. The first-order valence-corrected chi connectivity index (χ1v) is 6.75. The SMILES string of the molecule is C.C.C.C.CC1CCC(C2CCC(C)CC2)CC1.[Y]. The van der Waals surface area contributed by atoms with Gasteiger partial charge in [-0.05, 0) is 49.4 Å². The molecule has 0 bridgehead atoms. The van der Waals surface area contributed by atoms with Crippen LogP contribution in [0.2, 0.25) is 0 Å². The zero-order chi connectivity index (χ0) is 9.97. The van der Waals surface area contributed by atoms with Crippen molar-refractivity contribution in [3.8, 4) is 0 Å². The number of hydrogen-bond donors (Lipinski definition) is 0. The van der Waals surface area contributed by atoms with Crippen LogP contribution in [0.1, 0.15) is 94.9 Å². The van der Waals surface area contributed by atoms with Gasteiger partial charge in [-0.3, -0.25) is 0 Å². The third-order valence-electron chi connectivity index (χ3n) is 4.79. The number of rotatable bonds is 1. The van der Waals surface area contributed by atoms with Crippen LogP contribution in [-0.4, -0.2) is 0 Å². The van der Waals surface area contributed by atoms with Crippen molar-refractivity contribution in [3.05, 3.63) is 0 Å². The summed E-state index contributed by atoms with van der Waals surface area (Å²) in [4.78, 5) is 0. The van der Waals surface area contributed by atoms with Crippen molar-refractivity contribution < 1.29 is 32.7 Å². The zero-order valence-corrected chi connectivity index (χ0v) is 13.4. The van der Waals surface area contributed by atoms with Crippen LogP contribution in [-0.2, 0) is 32.7 Å². The van der Waals surface area contributed by atoms with E-state index in [2.05, 4.69) is 13.8 Å². The van der Waals surface area contributed by atoms with Crippen LogP contribution >= 0.6 is 0 Å². The maximum Gasteiger partial charge on any atom is 0 e. The van der Waals surface area contributed by atoms with Gasteiger partial charge in [0, 0.05) is 32.7 Å². The molecule has 0 nitrogen and oxygen atoms in total.